The van der Waals surface area contributed by atoms with Gasteiger partial charge in [0.25, 0.3) is 0 Å². The van der Waals surface area contributed by atoms with Crippen LogP contribution in [0.1, 0.15) is 26.7 Å². The second-order valence-electron chi connectivity index (χ2n) is 4.77. The van der Waals surface area contributed by atoms with Gasteiger partial charge >= 0.3 is 0 Å². The van der Waals surface area contributed by atoms with E-state index in [1.54, 1.807) is 0 Å². The first-order valence-electron chi connectivity index (χ1n) is 4.62. The highest BCUT2D eigenvalue weighted by Crippen LogP contribution is 2.60. The number of hydrogen-bond donors (Lipinski definition) is 0. The standard InChI is InChI=1S/C10H15NO/c1-8(2)10(5-11)3-9(4-10)6-12-7-9/h8H,3-4,6-7H2,1-2H3. The molecule has 66 valence electrons. The number of nitriles is 1. The second-order valence-corrected chi connectivity index (χ2v) is 4.77. The molecule has 0 amide bonds. The summed E-state index contributed by atoms with van der Waals surface area (Å²) in [6, 6.07) is 2.48. The van der Waals surface area contributed by atoms with Crippen LogP contribution in [0.25, 0.3) is 0 Å². The molecular weight excluding hydrogens is 150 g/mol. The number of hydrogen-bond acceptors (Lipinski definition) is 2. The molecule has 1 saturated heterocycles. The number of rotatable bonds is 1. The second kappa shape index (κ2) is 2.23. The number of ether oxygens (including phenoxy) is 1. The lowest BCUT2D eigenvalue weighted by Gasteiger charge is -2.59. The third-order valence-electron chi connectivity index (χ3n) is 3.53. The van der Waals surface area contributed by atoms with Gasteiger partial charge in [0.15, 0.2) is 0 Å². The van der Waals surface area contributed by atoms with Crippen molar-refractivity contribution in [1.82, 2.24) is 0 Å². The molecule has 2 nitrogen and oxygen atoms in total. The van der Waals surface area contributed by atoms with Crippen molar-refractivity contribution >= 4 is 0 Å². The van der Waals surface area contributed by atoms with E-state index in [2.05, 4.69) is 19.9 Å². The monoisotopic (exact) mass is 165 g/mol. The normalized spacial score (nSPS) is 29.2. The SMILES string of the molecule is CC(C)C1(C#N)CC2(COC2)C1. The minimum Gasteiger partial charge on any atom is -0.380 e. The lowest BCUT2D eigenvalue weighted by atomic mass is 9.49. The van der Waals surface area contributed by atoms with Crippen molar-refractivity contribution in [3.8, 4) is 6.07 Å². The summed E-state index contributed by atoms with van der Waals surface area (Å²) in [5.74, 6) is 0.494. The third kappa shape index (κ3) is 0.834. The summed E-state index contributed by atoms with van der Waals surface area (Å²) in [5, 5.41) is 9.07. The first-order valence-corrected chi connectivity index (χ1v) is 4.62. The molecule has 1 saturated carbocycles. The van der Waals surface area contributed by atoms with E-state index in [0.29, 0.717) is 11.3 Å². The summed E-state index contributed by atoms with van der Waals surface area (Å²) >= 11 is 0. The summed E-state index contributed by atoms with van der Waals surface area (Å²) in [6.07, 6.45) is 2.13. The molecule has 0 atom stereocenters. The van der Waals surface area contributed by atoms with Crippen molar-refractivity contribution < 1.29 is 4.74 Å². The van der Waals surface area contributed by atoms with Crippen molar-refractivity contribution in [2.24, 2.45) is 16.7 Å². The largest absolute Gasteiger partial charge is 0.380 e. The van der Waals surface area contributed by atoms with Crippen LogP contribution in [0.5, 0.6) is 0 Å². The Morgan fingerprint density at radius 2 is 1.92 bits per heavy atom. The molecule has 2 fully saturated rings. The Morgan fingerprint density at radius 1 is 1.33 bits per heavy atom. The summed E-state index contributed by atoms with van der Waals surface area (Å²) in [7, 11) is 0. The first kappa shape index (κ1) is 8.07. The molecule has 0 bridgehead atoms. The van der Waals surface area contributed by atoms with E-state index in [0.717, 1.165) is 26.1 Å². The predicted molar refractivity (Wildman–Crippen MR) is 45.4 cm³/mol. The topological polar surface area (TPSA) is 33.0 Å². The van der Waals surface area contributed by atoms with Crippen LogP contribution in [-0.2, 0) is 4.74 Å². The van der Waals surface area contributed by atoms with E-state index in [-0.39, 0.29) is 5.41 Å². The highest BCUT2D eigenvalue weighted by atomic mass is 16.5. The quantitative estimate of drug-likeness (QED) is 0.595. The molecule has 2 aliphatic rings. The average Bonchev–Trinajstić information content (AvgIpc) is 1.82. The maximum absolute atomic E-state index is 9.07. The van der Waals surface area contributed by atoms with Crippen LogP contribution in [0.4, 0.5) is 0 Å². The molecule has 1 aliphatic heterocycles. The van der Waals surface area contributed by atoms with E-state index < -0.39 is 0 Å². The number of nitrogens with zero attached hydrogens (tertiary/aromatic N) is 1. The molecular formula is C10H15NO. The van der Waals surface area contributed by atoms with E-state index in [9.17, 15) is 0 Å². The van der Waals surface area contributed by atoms with Crippen molar-refractivity contribution in [2.45, 2.75) is 26.7 Å². The Bertz CT molecular complexity index is 227. The van der Waals surface area contributed by atoms with E-state index in [1.807, 2.05) is 0 Å². The molecule has 0 N–H and O–H groups in total. The van der Waals surface area contributed by atoms with Crippen molar-refractivity contribution in [3.05, 3.63) is 0 Å². The van der Waals surface area contributed by atoms with Gasteiger partial charge in [-0.25, -0.2) is 0 Å². The molecule has 1 aliphatic carbocycles. The van der Waals surface area contributed by atoms with Gasteiger partial charge < -0.3 is 4.74 Å². The lowest BCUT2D eigenvalue weighted by molar-refractivity contribution is -0.206. The average molecular weight is 165 g/mol. The fraction of sp³-hybridized carbons (Fsp3) is 0.900. The molecule has 0 aromatic heterocycles. The minimum atomic E-state index is -0.0240. The van der Waals surface area contributed by atoms with Crippen LogP contribution in [-0.4, -0.2) is 13.2 Å². The zero-order valence-electron chi connectivity index (χ0n) is 7.76. The molecule has 2 heteroatoms. The van der Waals surface area contributed by atoms with Crippen LogP contribution in [0, 0.1) is 28.1 Å². The van der Waals surface area contributed by atoms with Gasteiger partial charge in [-0.15, -0.1) is 0 Å². The van der Waals surface area contributed by atoms with Gasteiger partial charge in [-0.2, -0.15) is 5.26 Å². The van der Waals surface area contributed by atoms with Gasteiger partial charge in [0.05, 0.1) is 24.7 Å². The highest BCUT2D eigenvalue weighted by molar-refractivity contribution is 5.16. The highest BCUT2D eigenvalue weighted by Gasteiger charge is 2.59. The van der Waals surface area contributed by atoms with Crippen molar-refractivity contribution in [1.29, 1.82) is 5.26 Å². The Hall–Kier alpha value is -0.550. The van der Waals surface area contributed by atoms with Gasteiger partial charge in [0.1, 0.15) is 0 Å². The summed E-state index contributed by atoms with van der Waals surface area (Å²) < 4.78 is 5.19. The molecule has 12 heavy (non-hydrogen) atoms. The van der Waals surface area contributed by atoms with E-state index in [1.165, 1.54) is 0 Å². The van der Waals surface area contributed by atoms with Crippen LogP contribution < -0.4 is 0 Å². The molecule has 0 unspecified atom stereocenters. The van der Waals surface area contributed by atoms with Crippen LogP contribution in [0.15, 0.2) is 0 Å². The first-order chi connectivity index (χ1) is 5.63. The zero-order valence-corrected chi connectivity index (χ0v) is 7.76. The van der Waals surface area contributed by atoms with Crippen LogP contribution in [0.2, 0.25) is 0 Å². The summed E-state index contributed by atoms with van der Waals surface area (Å²) in [6.45, 7) is 6.08. The third-order valence-corrected chi connectivity index (χ3v) is 3.53. The fourth-order valence-corrected chi connectivity index (χ4v) is 2.50. The Kier molecular flexibility index (Phi) is 1.50. The van der Waals surface area contributed by atoms with Gasteiger partial charge in [0, 0.05) is 5.41 Å². The van der Waals surface area contributed by atoms with Crippen molar-refractivity contribution in [2.75, 3.05) is 13.2 Å². The molecule has 0 aromatic rings. The zero-order chi connectivity index (χ0) is 8.82. The van der Waals surface area contributed by atoms with Gasteiger partial charge in [0.2, 0.25) is 0 Å². The van der Waals surface area contributed by atoms with E-state index in [4.69, 9.17) is 10.00 Å². The Morgan fingerprint density at radius 3 is 2.17 bits per heavy atom. The molecule has 0 radical (unpaired) electrons. The van der Waals surface area contributed by atoms with Gasteiger partial charge in [-0.1, -0.05) is 13.8 Å². The molecule has 0 aromatic carbocycles. The molecule has 2 rings (SSSR count). The Labute approximate surface area is 73.5 Å². The summed E-state index contributed by atoms with van der Waals surface area (Å²) in [4.78, 5) is 0. The Balaban J connectivity index is 2.04. The van der Waals surface area contributed by atoms with Crippen molar-refractivity contribution in [3.63, 3.8) is 0 Å². The van der Waals surface area contributed by atoms with Crippen LogP contribution in [0.3, 0.4) is 0 Å². The van der Waals surface area contributed by atoms with Gasteiger partial charge in [-0.3, -0.25) is 0 Å². The van der Waals surface area contributed by atoms with E-state index >= 15 is 0 Å². The molecule has 1 spiro atoms. The van der Waals surface area contributed by atoms with Gasteiger partial charge in [-0.05, 0) is 18.8 Å². The fourth-order valence-electron chi connectivity index (χ4n) is 2.50. The van der Waals surface area contributed by atoms with Crippen LogP contribution >= 0.6 is 0 Å². The minimum absolute atomic E-state index is 0.0240. The summed E-state index contributed by atoms with van der Waals surface area (Å²) in [5.41, 5.74) is 0.393. The predicted octanol–water partition coefficient (Wildman–Crippen LogP) is 1.96. The molecule has 1 heterocycles. The smallest absolute Gasteiger partial charge is 0.0692 e. The maximum atomic E-state index is 9.07. The lowest BCUT2D eigenvalue weighted by Crippen LogP contribution is -2.58. The maximum Gasteiger partial charge on any atom is 0.0692 e.